The summed E-state index contributed by atoms with van der Waals surface area (Å²) in [5.41, 5.74) is -0.878. The van der Waals surface area contributed by atoms with Crippen molar-refractivity contribution in [2.75, 3.05) is 5.88 Å². The molecular weight excluding hydrogens is 358 g/mol. The van der Waals surface area contributed by atoms with Crippen molar-refractivity contribution in [2.24, 2.45) is 0 Å². The van der Waals surface area contributed by atoms with Crippen molar-refractivity contribution in [1.82, 2.24) is 5.32 Å². The van der Waals surface area contributed by atoms with Crippen LogP contribution in [0, 0.1) is 0 Å². The molecule has 0 aliphatic heterocycles. The first kappa shape index (κ1) is 17.3. The molecule has 1 N–H and O–H groups in total. The average Bonchev–Trinajstić information content (AvgIpc) is 2.35. The fraction of sp³-hybridized carbons (Fsp3) is 0.462. The lowest BCUT2D eigenvalue weighted by molar-refractivity contribution is -0.138. The number of halogens is 5. The summed E-state index contributed by atoms with van der Waals surface area (Å²) in [5.74, 6) is -0.0402. The molecule has 1 rings (SSSR count). The highest BCUT2D eigenvalue weighted by Gasteiger charge is 2.33. The van der Waals surface area contributed by atoms with Crippen LogP contribution in [0.2, 0.25) is 0 Å². The Morgan fingerprint density at radius 3 is 2.65 bits per heavy atom. The largest absolute Gasteiger partial charge is 0.417 e. The molecule has 0 heterocycles. The number of rotatable bonds is 5. The molecule has 0 saturated heterocycles. The number of hydrogen-bond donors (Lipinski definition) is 1. The fourth-order valence-electron chi connectivity index (χ4n) is 1.65. The van der Waals surface area contributed by atoms with Crippen molar-refractivity contribution in [2.45, 2.75) is 32.0 Å². The van der Waals surface area contributed by atoms with Gasteiger partial charge in [-0.25, -0.2) is 0 Å². The van der Waals surface area contributed by atoms with Crippen LogP contribution in [-0.4, -0.2) is 17.8 Å². The van der Waals surface area contributed by atoms with Gasteiger partial charge in [0.1, 0.15) is 0 Å². The van der Waals surface area contributed by atoms with E-state index in [1.165, 1.54) is 12.1 Å². The molecule has 0 fully saturated rings. The van der Waals surface area contributed by atoms with Gasteiger partial charge in [0.05, 0.1) is 5.56 Å². The maximum absolute atomic E-state index is 12.7. The Bertz CT molecular complexity index is 479. The summed E-state index contributed by atoms with van der Waals surface area (Å²) in [6, 6.07) is 3.27. The summed E-state index contributed by atoms with van der Waals surface area (Å²) in [4.78, 5) is 11.9. The van der Waals surface area contributed by atoms with Gasteiger partial charge in [0.25, 0.3) is 5.91 Å². The predicted octanol–water partition coefficient (Wildman–Crippen LogP) is 4.61. The van der Waals surface area contributed by atoms with Crippen LogP contribution >= 0.6 is 27.5 Å². The van der Waals surface area contributed by atoms with Crippen LogP contribution in [0.25, 0.3) is 0 Å². The quantitative estimate of drug-likeness (QED) is 0.752. The highest BCUT2D eigenvalue weighted by Crippen LogP contribution is 2.35. The molecule has 1 aromatic rings. The highest BCUT2D eigenvalue weighted by atomic mass is 79.9. The molecule has 20 heavy (non-hydrogen) atoms. The van der Waals surface area contributed by atoms with E-state index in [1.54, 1.807) is 6.92 Å². The molecule has 1 atom stereocenters. The lowest BCUT2D eigenvalue weighted by Crippen LogP contribution is -2.32. The van der Waals surface area contributed by atoms with Gasteiger partial charge in [-0.3, -0.25) is 4.79 Å². The second-order valence-electron chi connectivity index (χ2n) is 4.40. The monoisotopic (exact) mass is 371 g/mol. The number of alkyl halides is 4. The van der Waals surface area contributed by atoms with E-state index in [2.05, 4.69) is 21.2 Å². The lowest BCUT2D eigenvalue weighted by atomic mass is 10.1. The van der Waals surface area contributed by atoms with E-state index in [0.29, 0.717) is 12.3 Å². The molecule has 7 heteroatoms. The van der Waals surface area contributed by atoms with Crippen molar-refractivity contribution in [3.05, 3.63) is 33.8 Å². The molecule has 112 valence electrons. The van der Waals surface area contributed by atoms with Crippen LogP contribution in [0.15, 0.2) is 22.7 Å². The minimum absolute atomic E-state index is 0.0155. The Labute approximate surface area is 128 Å². The van der Waals surface area contributed by atoms with Crippen molar-refractivity contribution >= 4 is 33.4 Å². The maximum Gasteiger partial charge on any atom is 0.417 e. The molecule has 0 radical (unpaired) electrons. The zero-order chi connectivity index (χ0) is 15.3. The van der Waals surface area contributed by atoms with Crippen molar-refractivity contribution < 1.29 is 18.0 Å². The van der Waals surface area contributed by atoms with E-state index >= 15 is 0 Å². The summed E-state index contributed by atoms with van der Waals surface area (Å²) in [5, 5.41) is 2.65. The molecule has 0 bridgehead atoms. The van der Waals surface area contributed by atoms with Crippen molar-refractivity contribution in [3.63, 3.8) is 0 Å². The SMILES string of the molecule is CC(CCCCl)NC(=O)c1ccc(Br)c(C(F)(F)F)c1. The van der Waals surface area contributed by atoms with Gasteiger partial charge < -0.3 is 5.32 Å². The molecule has 0 aliphatic rings. The summed E-state index contributed by atoms with van der Waals surface area (Å²) in [6.07, 6.45) is -3.09. The normalized spacial score (nSPS) is 13.1. The van der Waals surface area contributed by atoms with Gasteiger partial charge in [-0.05, 0) is 38.0 Å². The highest BCUT2D eigenvalue weighted by molar-refractivity contribution is 9.10. The van der Waals surface area contributed by atoms with E-state index in [1.807, 2.05) is 0 Å². The van der Waals surface area contributed by atoms with Gasteiger partial charge in [-0.2, -0.15) is 13.2 Å². The molecule has 1 amide bonds. The molecule has 0 aliphatic carbocycles. The minimum atomic E-state index is -4.50. The first-order chi connectivity index (χ1) is 9.25. The van der Waals surface area contributed by atoms with Gasteiger partial charge in [-0.1, -0.05) is 15.9 Å². The molecule has 0 spiro atoms. The maximum atomic E-state index is 12.7. The summed E-state index contributed by atoms with van der Waals surface area (Å²) in [7, 11) is 0. The Hall–Kier alpha value is -0.750. The summed E-state index contributed by atoms with van der Waals surface area (Å²) in [6.45, 7) is 1.79. The van der Waals surface area contributed by atoms with E-state index in [4.69, 9.17) is 11.6 Å². The van der Waals surface area contributed by atoms with E-state index in [0.717, 1.165) is 12.5 Å². The molecule has 1 aromatic carbocycles. The Morgan fingerprint density at radius 1 is 1.45 bits per heavy atom. The van der Waals surface area contributed by atoms with Crippen molar-refractivity contribution in [1.29, 1.82) is 0 Å². The Kier molecular flexibility index (Phi) is 6.33. The van der Waals surface area contributed by atoms with Gasteiger partial charge in [0.15, 0.2) is 0 Å². The second-order valence-corrected chi connectivity index (χ2v) is 5.63. The van der Waals surface area contributed by atoms with Gasteiger partial charge in [-0.15, -0.1) is 11.6 Å². The average molecular weight is 373 g/mol. The zero-order valence-electron chi connectivity index (χ0n) is 10.7. The standard InChI is InChI=1S/C13H14BrClF3NO/c1-8(3-2-6-15)19-12(20)9-4-5-11(14)10(7-9)13(16,17)18/h4-5,7-8H,2-3,6H2,1H3,(H,19,20). The zero-order valence-corrected chi connectivity index (χ0v) is 13.1. The van der Waals surface area contributed by atoms with Crippen LogP contribution < -0.4 is 5.32 Å². The number of hydrogen-bond acceptors (Lipinski definition) is 1. The van der Waals surface area contributed by atoms with Crippen LogP contribution in [0.3, 0.4) is 0 Å². The van der Waals surface area contributed by atoms with Crippen LogP contribution in [0.5, 0.6) is 0 Å². The number of amides is 1. The van der Waals surface area contributed by atoms with E-state index < -0.39 is 17.6 Å². The smallest absolute Gasteiger partial charge is 0.350 e. The van der Waals surface area contributed by atoms with Crippen LogP contribution in [0.4, 0.5) is 13.2 Å². The third kappa shape index (κ3) is 4.98. The molecule has 0 aromatic heterocycles. The van der Waals surface area contributed by atoms with Crippen molar-refractivity contribution in [3.8, 4) is 0 Å². The Morgan fingerprint density at radius 2 is 2.10 bits per heavy atom. The first-order valence-electron chi connectivity index (χ1n) is 5.99. The predicted molar refractivity (Wildman–Crippen MR) is 76.0 cm³/mol. The molecule has 1 unspecified atom stereocenters. The van der Waals surface area contributed by atoms with Gasteiger partial charge >= 0.3 is 6.18 Å². The number of benzene rings is 1. The molecule has 0 saturated carbocycles. The summed E-state index contributed by atoms with van der Waals surface area (Å²) < 4.78 is 38.1. The topological polar surface area (TPSA) is 29.1 Å². The molecular formula is C13H14BrClF3NO. The molecule has 2 nitrogen and oxygen atoms in total. The van der Waals surface area contributed by atoms with E-state index in [9.17, 15) is 18.0 Å². The minimum Gasteiger partial charge on any atom is -0.350 e. The second kappa shape index (κ2) is 7.31. The van der Waals surface area contributed by atoms with E-state index in [-0.39, 0.29) is 16.1 Å². The fourth-order valence-corrected chi connectivity index (χ4v) is 2.27. The third-order valence-electron chi connectivity index (χ3n) is 2.68. The first-order valence-corrected chi connectivity index (χ1v) is 7.32. The van der Waals surface area contributed by atoms with Crippen LogP contribution in [0.1, 0.15) is 35.7 Å². The number of nitrogens with one attached hydrogen (secondary N) is 1. The number of carbonyl (C=O) groups excluding carboxylic acids is 1. The van der Waals surface area contributed by atoms with Crippen LogP contribution in [-0.2, 0) is 6.18 Å². The Balaban J connectivity index is 2.84. The van der Waals surface area contributed by atoms with Gasteiger partial charge in [0.2, 0.25) is 0 Å². The number of carbonyl (C=O) groups is 1. The van der Waals surface area contributed by atoms with Gasteiger partial charge in [0, 0.05) is 22.0 Å². The third-order valence-corrected chi connectivity index (χ3v) is 3.64. The lowest BCUT2D eigenvalue weighted by Gasteiger charge is -2.15. The summed E-state index contributed by atoms with van der Waals surface area (Å²) >= 11 is 8.38.